The van der Waals surface area contributed by atoms with E-state index in [1.807, 2.05) is 30.5 Å². The maximum Gasteiger partial charge on any atom is 0.0758 e. The Balaban J connectivity index is 1.75. The van der Waals surface area contributed by atoms with E-state index in [2.05, 4.69) is 50.5 Å². The number of fused-ring (bicyclic) bond motifs is 1. The summed E-state index contributed by atoms with van der Waals surface area (Å²) in [6, 6.07) is 16.1. The molecule has 2 aromatic carbocycles. The lowest BCUT2D eigenvalue weighted by molar-refractivity contribution is 0.696. The van der Waals surface area contributed by atoms with Crippen molar-refractivity contribution >= 4 is 38.4 Å². The highest BCUT2D eigenvalue weighted by molar-refractivity contribution is 9.10. The van der Waals surface area contributed by atoms with Gasteiger partial charge in [0.25, 0.3) is 0 Å². The Bertz CT molecular complexity index is 774. The zero-order chi connectivity index (χ0) is 14.7. The van der Waals surface area contributed by atoms with E-state index in [0.717, 1.165) is 33.5 Å². The van der Waals surface area contributed by atoms with Gasteiger partial charge in [-0.05, 0) is 35.4 Å². The van der Waals surface area contributed by atoms with Crippen LogP contribution in [0.3, 0.4) is 0 Å². The van der Waals surface area contributed by atoms with Crippen molar-refractivity contribution in [2.45, 2.75) is 13.1 Å². The summed E-state index contributed by atoms with van der Waals surface area (Å²) in [5, 5.41) is 5.35. The molecule has 0 aliphatic rings. The monoisotopic (exact) mass is 360 g/mol. The van der Waals surface area contributed by atoms with Gasteiger partial charge in [0.2, 0.25) is 0 Å². The normalized spacial score (nSPS) is 11.0. The van der Waals surface area contributed by atoms with Crippen molar-refractivity contribution in [2.24, 2.45) is 0 Å². The van der Waals surface area contributed by atoms with Crippen molar-refractivity contribution in [1.29, 1.82) is 0 Å². The number of halogens is 2. The zero-order valence-corrected chi connectivity index (χ0v) is 13.7. The first kappa shape index (κ1) is 14.5. The van der Waals surface area contributed by atoms with Gasteiger partial charge in [-0.25, -0.2) is 0 Å². The Morgan fingerprint density at radius 3 is 2.81 bits per heavy atom. The van der Waals surface area contributed by atoms with E-state index in [-0.39, 0.29) is 0 Å². The van der Waals surface area contributed by atoms with Crippen molar-refractivity contribution in [2.75, 3.05) is 0 Å². The summed E-state index contributed by atoms with van der Waals surface area (Å²) >= 11 is 9.56. The maximum atomic E-state index is 5.99. The van der Waals surface area contributed by atoms with Crippen molar-refractivity contribution in [3.8, 4) is 0 Å². The molecule has 2 nitrogen and oxygen atoms in total. The van der Waals surface area contributed by atoms with E-state index in [1.165, 1.54) is 11.1 Å². The Morgan fingerprint density at radius 1 is 1.05 bits per heavy atom. The van der Waals surface area contributed by atoms with Crippen LogP contribution in [0.2, 0.25) is 5.02 Å². The third kappa shape index (κ3) is 3.43. The summed E-state index contributed by atoms with van der Waals surface area (Å²) < 4.78 is 1.07. The standard InChI is InChI=1S/C17H14BrClN2/c18-16-7-6-13(17-15(16)5-2-8-21-17)11-20-10-12-3-1-4-14(19)9-12/h1-9,20H,10-11H2. The predicted octanol–water partition coefficient (Wildman–Crippen LogP) is 4.94. The molecule has 0 fully saturated rings. The quantitative estimate of drug-likeness (QED) is 0.712. The summed E-state index contributed by atoms with van der Waals surface area (Å²) in [7, 11) is 0. The smallest absolute Gasteiger partial charge is 0.0758 e. The fourth-order valence-electron chi connectivity index (χ4n) is 2.33. The topological polar surface area (TPSA) is 24.9 Å². The minimum absolute atomic E-state index is 0.769. The first-order chi connectivity index (χ1) is 10.2. The van der Waals surface area contributed by atoms with Crippen LogP contribution in [0.25, 0.3) is 10.9 Å². The van der Waals surface area contributed by atoms with Crippen LogP contribution >= 0.6 is 27.5 Å². The van der Waals surface area contributed by atoms with Crippen molar-refractivity contribution < 1.29 is 0 Å². The molecule has 0 aliphatic carbocycles. The number of pyridine rings is 1. The maximum absolute atomic E-state index is 5.99. The average Bonchev–Trinajstić information content (AvgIpc) is 2.50. The highest BCUT2D eigenvalue weighted by Crippen LogP contribution is 2.25. The molecule has 3 aromatic rings. The lowest BCUT2D eigenvalue weighted by atomic mass is 10.1. The molecule has 0 aliphatic heterocycles. The fraction of sp³-hybridized carbons (Fsp3) is 0.118. The number of benzene rings is 2. The van der Waals surface area contributed by atoms with Gasteiger partial charge < -0.3 is 5.32 Å². The van der Waals surface area contributed by atoms with E-state index in [9.17, 15) is 0 Å². The van der Waals surface area contributed by atoms with Crippen LogP contribution in [0.1, 0.15) is 11.1 Å². The second-order valence-electron chi connectivity index (χ2n) is 4.84. The number of aromatic nitrogens is 1. The number of hydrogen-bond acceptors (Lipinski definition) is 2. The van der Waals surface area contributed by atoms with Crippen molar-refractivity contribution in [1.82, 2.24) is 10.3 Å². The molecule has 0 radical (unpaired) electrons. The number of nitrogens with one attached hydrogen (secondary N) is 1. The highest BCUT2D eigenvalue weighted by atomic mass is 79.9. The summed E-state index contributed by atoms with van der Waals surface area (Å²) in [5.74, 6) is 0. The van der Waals surface area contributed by atoms with Gasteiger partial charge in [-0.1, -0.05) is 51.8 Å². The van der Waals surface area contributed by atoms with Gasteiger partial charge in [0.05, 0.1) is 5.52 Å². The van der Waals surface area contributed by atoms with Gasteiger partial charge in [0, 0.05) is 34.2 Å². The second kappa shape index (κ2) is 6.56. The van der Waals surface area contributed by atoms with E-state index in [1.54, 1.807) is 0 Å². The summed E-state index contributed by atoms with van der Waals surface area (Å²) in [6.45, 7) is 1.55. The minimum atomic E-state index is 0.769. The lowest BCUT2D eigenvalue weighted by Crippen LogP contribution is -2.13. The molecule has 0 amide bonds. The molecule has 3 rings (SSSR count). The molecule has 0 saturated carbocycles. The van der Waals surface area contributed by atoms with Crippen molar-refractivity contribution in [3.63, 3.8) is 0 Å². The van der Waals surface area contributed by atoms with E-state index < -0.39 is 0 Å². The molecule has 0 unspecified atom stereocenters. The molecule has 1 N–H and O–H groups in total. The van der Waals surface area contributed by atoms with E-state index in [4.69, 9.17) is 11.6 Å². The van der Waals surface area contributed by atoms with Crippen LogP contribution < -0.4 is 5.32 Å². The molecule has 1 aromatic heterocycles. The highest BCUT2D eigenvalue weighted by Gasteiger charge is 2.05. The Kier molecular flexibility index (Phi) is 4.54. The molecule has 21 heavy (non-hydrogen) atoms. The Labute approximate surface area is 137 Å². The summed E-state index contributed by atoms with van der Waals surface area (Å²) in [4.78, 5) is 4.49. The third-order valence-electron chi connectivity index (χ3n) is 3.33. The van der Waals surface area contributed by atoms with Crippen LogP contribution in [0, 0.1) is 0 Å². The number of hydrogen-bond donors (Lipinski definition) is 1. The molecule has 0 atom stereocenters. The minimum Gasteiger partial charge on any atom is -0.309 e. The summed E-state index contributed by atoms with van der Waals surface area (Å²) in [6.07, 6.45) is 1.83. The first-order valence-electron chi connectivity index (χ1n) is 6.71. The van der Waals surface area contributed by atoms with Gasteiger partial charge in [0.15, 0.2) is 0 Å². The molecular formula is C17H14BrClN2. The lowest BCUT2D eigenvalue weighted by Gasteiger charge is -2.09. The van der Waals surface area contributed by atoms with Gasteiger partial charge in [-0.15, -0.1) is 0 Å². The summed E-state index contributed by atoms with van der Waals surface area (Å²) in [5.41, 5.74) is 3.40. The molecule has 0 bridgehead atoms. The van der Waals surface area contributed by atoms with Gasteiger partial charge >= 0.3 is 0 Å². The largest absolute Gasteiger partial charge is 0.309 e. The fourth-order valence-corrected chi connectivity index (χ4v) is 2.99. The first-order valence-corrected chi connectivity index (χ1v) is 7.88. The van der Waals surface area contributed by atoms with E-state index in [0.29, 0.717) is 0 Å². The zero-order valence-electron chi connectivity index (χ0n) is 11.3. The molecular weight excluding hydrogens is 348 g/mol. The molecule has 1 heterocycles. The van der Waals surface area contributed by atoms with Crippen LogP contribution in [-0.4, -0.2) is 4.98 Å². The van der Waals surface area contributed by atoms with Crippen LogP contribution in [0.15, 0.2) is 59.2 Å². The van der Waals surface area contributed by atoms with Gasteiger partial charge in [-0.3, -0.25) is 4.98 Å². The third-order valence-corrected chi connectivity index (χ3v) is 4.26. The molecule has 0 saturated heterocycles. The Hall–Kier alpha value is -1.42. The van der Waals surface area contributed by atoms with Crippen LogP contribution in [0.4, 0.5) is 0 Å². The van der Waals surface area contributed by atoms with E-state index >= 15 is 0 Å². The SMILES string of the molecule is Clc1cccc(CNCc2ccc(Br)c3cccnc23)c1. The van der Waals surface area contributed by atoms with Crippen LogP contribution in [-0.2, 0) is 13.1 Å². The number of nitrogens with zero attached hydrogens (tertiary/aromatic N) is 1. The molecule has 4 heteroatoms. The predicted molar refractivity (Wildman–Crippen MR) is 91.4 cm³/mol. The molecule has 106 valence electrons. The Morgan fingerprint density at radius 2 is 1.95 bits per heavy atom. The van der Waals surface area contributed by atoms with Crippen LogP contribution in [0.5, 0.6) is 0 Å². The number of rotatable bonds is 4. The average molecular weight is 362 g/mol. The van der Waals surface area contributed by atoms with Crippen molar-refractivity contribution in [3.05, 3.63) is 75.4 Å². The second-order valence-corrected chi connectivity index (χ2v) is 6.13. The van der Waals surface area contributed by atoms with Gasteiger partial charge in [0.1, 0.15) is 0 Å². The molecule has 0 spiro atoms. The van der Waals surface area contributed by atoms with Gasteiger partial charge in [-0.2, -0.15) is 0 Å².